The van der Waals surface area contributed by atoms with Gasteiger partial charge in [0, 0.05) is 6.04 Å². The minimum atomic E-state index is 0.571. The monoisotopic (exact) mass is 238 g/mol. The van der Waals surface area contributed by atoms with Crippen molar-refractivity contribution in [3.05, 3.63) is 18.7 Å². The molecule has 1 rings (SSSR count). The Morgan fingerprint density at radius 2 is 2.12 bits per heavy atom. The van der Waals surface area contributed by atoms with Gasteiger partial charge in [0.1, 0.15) is 18.9 Å². The molecule has 0 saturated heterocycles. The summed E-state index contributed by atoms with van der Waals surface area (Å²) in [5.74, 6) is 0.746. The molecule has 0 aliphatic carbocycles. The fourth-order valence-corrected chi connectivity index (χ4v) is 2.13. The first-order chi connectivity index (χ1) is 8.15. The number of hydrogen-bond acceptors (Lipinski definition) is 1. The zero-order valence-corrected chi connectivity index (χ0v) is 11.8. The van der Waals surface area contributed by atoms with Gasteiger partial charge in [0.05, 0.1) is 6.54 Å². The number of unbranched alkanes of at least 4 members (excludes halogenated alkanes) is 1. The molecular formula is C14H28N3+. The number of nitrogens with one attached hydrogen (secondary N) is 1. The summed E-state index contributed by atoms with van der Waals surface area (Å²) in [6.07, 6.45) is 10.3. The van der Waals surface area contributed by atoms with Crippen molar-refractivity contribution < 1.29 is 4.57 Å². The van der Waals surface area contributed by atoms with E-state index in [1.165, 1.54) is 19.3 Å². The van der Waals surface area contributed by atoms with E-state index in [2.05, 4.69) is 61.0 Å². The van der Waals surface area contributed by atoms with Crippen LogP contribution in [0.3, 0.4) is 0 Å². The smallest absolute Gasteiger partial charge is 0.243 e. The Balaban J connectivity index is 2.46. The third-order valence-electron chi connectivity index (χ3n) is 3.11. The van der Waals surface area contributed by atoms with Gasteiger partial charge in [-0.15, -0.1) is 0 Å². The zero-order valence-electron chi connectivity index (χ0n) is 11.8. The average molecular weight is 238 g/mol. The normalized spacial score (nSPS) is 13.2. The van der Waals surface area contributed by atoms with Crippen LogP contribution >= 0.6 is 0 Å². The van der Waals surface area contributed by atoms with Crippen molar-refractivity contribution in [3.8, 4) is 0 Å². The van der Waals surface area contributed by atoms with Gasteiger partial charge in [-0.05, 0) is 25.8 Å². The highest BCUT2D eigenvalue weighted by molar-refractivity contribution is 4.68. The first-order valence-corrected chi connectivity index (χ1v) is 6.87. The van der Waals surface area contributed by atoms with Gasteiger partial charge in [0.2, 0.25) is 6.33 Å². The third kappa shape index (κ3) is 5.35. The topological polar surface area (TPSA) is 20.8 Å². The van der Waals surface area contributed by atoms with E-state index < -0.39 is 0 Å². The van der Waals surface area contributed by atoms with Crippen LogP contribution in [-0.2, 0) is 13.1 Å². The minimum absolute atomic E-state index is 0.571. The molecule has 3 nitrogen and oxygen atoms in total. The van der Waals surface area contributed by atoms with Crippen LogP contribution in [0.4, 0.5) is 0 Å². The molecule has 0 bridgehead atoms. The van der Waals surface area contributed by atoms with Gasteiger partial charge >= 0.3 is 0 Å². The molecule has 17 heavy (non-hydrogen) atoms. The van der Waals surface area contributed by atoms with Crippen LogP contribution in [0.25, 0.3) is 0 Å². The molecule has 1 heterocycles. The molecule has 0 aliphatic heterocycles. The number of rotatable bonds is 8. The minimum Gasteiger partial charge on any atom is -0.313 e. The summed E-state index contributed by atoms with van der Waals surface area (Å²) in [7, 11) is 2.06. The Morgan fingerprint density at radius 1 is 1.35 bits per heavy atom. The van der Waals surface area contributed by atoms with Gasteiger partial charge in [0.15, 0.2) is 0 Å². The first-order valence-electron chi connectivity index (χ1n) is 6.87. The predicted octanol–water partition coefficient (Wildman–Crippen LogP) is 2.21. The third-order valence-corrected chi connectivity index (χ3v) is 3.11. The van der Waals surface area contributed by atoms with Gasteiger partial charge in [-0.3, -0.25) is 0 Å². The van der Waals surface area contributed by atoms with Crippen LogP contribution in [0.1, 0.15) is 40.0 Å². The molecule has 0 fully saturated rings. The van der Waals surface area contributed by atoms with Gasteiger partial charge < -0.3 is 5.32 Å². The van der Waals surface area contributed by atoms with Gasteiger partial charge in [-0.25, -0.2) is 9.13 Å². The summed E-state index contributed by atoms with van der Waals surface area (Å²) in [5.41, 5.74) is 0. The fourth-order valence-electron chi connectivity index (χ4n) is 2.13. The number of imidazole rings is 1. The molecule has 0 amide bonds. The second-order valence-corrected chi connectivity index (χ2v) is 5.32. The summed E-state index contributed by atoms with van der Waals surface area (Å²) in [6.45, 7) is 8.99. The number of aromatic nitrogens is 2. The van der Waals surface area contributed by atoms with E-state index in [0.29, 0.717) is 6.04 Å². The molecule has 0 aliphatic rings. The van der Waals surface area contributed by atoms with Crippen molar-refractivity contribution in [2.75, 3.05) is 7.05 Å². The summed E-state index contributed by atoms with van der Waals surface area (Å²) in [5, 5.41) is 3.40. The molecule has 1 aromatic heterocycles. The summed E-state index contributed by atoms with van der Waals surface area (Å²) >= 11 is 0. The van der Waals surface area contributed by atoms with Crippen molar-refractivity contribution in [2.45, 2.75) is 59.2 Å². The Labute approximate surface area is 106 Å². The average Bonchev–Trinajstić information content (AvgIpc) is 2.72. The fraction of sp³-hybridized carbons (Fsp3) is 0.786. The van der Waals surface area contributed by atoms with E-state index in [1.54, 1.807) is 0 Å². The highest BCUT2D eigenvalue weighted by Crippen LogP contribution is 2.04. The number of likely N-dealkylation sites (N-methyl/N-ethyl adjacent to an activating group) is 1. The molecule has 0 spiro atoms. The van der Waals surface area contributed by atoms with Crippen LogP contribution in [0.15, 0.2) is 18.7 Å². The summed E-state index contributed by atoms with van der Waals surface area (Å²) in [4.78, 5) is 0. The van der Waals surface area contributed by atoms with E-state index in [1.807, 2.05) is 0 Å². The number of nitrogens with zero attached hydrogens (tertiary/aromatic N) is 2. The zero-order chi connectivity index (χ0) is 12.7. The SMILES string of the molecule is CCCCn1cc[n+](C[C@H](CC(C)C)NC)c1. The molecule has 1 N–H and O–H groups in total. The van der Waals surface area contributed by atoms with Crippen molar-refractivity contribution in [1.82, 2.24) is 9.88 Å². The van der Waals surface area contributed by atoms with E-state index in [-0.39, 0.29) is 0 Å². The number of aryl methyl sites for hydroxylation is 1. The van der Waals surface area contributed by atoms with E-state index in [4.69, 9.17) is 0 Å². The van der Waals surface area contributed by atoms with Gasteiger partial charge in [-0.1, -0.05) is 27.2 Å². The summed E-state index contributed by atoms with van der Waals surface area (Å²) in [6, 6.07) is 0.571. The van der Waals surface area contributed by atoms with Crippen LogP contribution < -0.4 is 9.88 Å². The van der Waals surface area contributed by atoms with Gasteiger partial charge in [0.25, 0.3) is 0 Å². The first kappa shape index (κ1) is 14.2. The van der Waals surface area contributed by atoms with E-state index in [9.17, 15) is 0 Å². The maximum Gasteiger partial charge on any atom is 0.243 e. The Morgan fingerprint density at radius 3 is 2.71 bits per heavy atom. The van der Waals surface area contributed by atoms with E-state index >= 15 is 0 Å². The lowest BCUT2D eigenvalue weighted by Crippen LogP contribution is -2.44. The number of hydrogen-bond donors (Lipinski definition) is 1. The molecular weight excluding hydrogens is 210 g/mol. The molecule has 1 aromatic rings. The maximum absolute atomic E-state index is 3.40. The van der Waals surface area contributed by atoms with Crippen molar-refractivity contribution in [2.24, 2.45) is 5.92 Å². The largest absolute Gasteiger partial charge is 0.313 e. The van der Waals surface area contributed by atoms with E-state index in [0.717, 1.165) is 19.0 Å². The maximum atomic E-state index is 3.40. The second kappa shape index (κ2) is 7.49. The van der Waals surface area contributed by atoms with Crippen molar-refractivity contribution in [3.63, 3.8) is 0 Å². The molecule has 3 heteroatoms. The Bertz CT molecular complexity index is 304. The van der Waals surface area contributed by atoms with Crippen LogP contribution in [0.5, 0.6) is 0 Å². The molecule has 0 radical (unpaired) electrons. The van der Waals surface area contributed by atoms with Crippen LogP contribution in [0.2, 0.25) is 0 Å². The molecule has 0 saturated carbocycles. The molecule has 1 atom stereocenters. The lowest BCUT2D eigenvalue weighted by Gasteiger charge is -2.15. The van der Waals surface area contributed by atoms with Crippen LogP contribution in [0, 0.1) is 5.92 Å². The molecule has 0 aromatic carbocycles. The second-order valence-electron chi connectivity index (χ2n) is 5.32. The van der Waals surface area contributed by atoms with Crippen LogP contribution in [-0.4, -0.2) is 17.7 Å². The lowest BCUT2D eigenvalue weighted by atomic mass is 10.0. The Hall–Kier alpha value is -0.830. The highest BCUT2D eigenvalue weighted by atomic mass is 15.1. The highest BCUT2D eigenvalue weighted by Gasteiger charge is 2.12. The molecule has 0 unspecified atom stereocenters. The Kier molecular flexibility index (Phi) is 6.27. The lowest BCUT2D eigenvalue weighted by molar-refractivity contribution is -0.699. The van der Waals surface area contributed by atoms with Crippen molar-refractivity contribution in [1.29, 1.82) is 0 Å². The van der Waals surface area contributed by atoms with Gasteiger partial charge in [-0.2, -0.15) is 0 Å². The summed E-state index contributed by atoms with van der Waals surface area (Å²) < 4.78 is 4.57. The predicted molar refractivity (Wildman–Crippen MR) is 71.8 cm³/mol. The van der Waals surface area contributed by atoms with Crippen molar-refractivity contribution >= 4 is 0 Å². The standard InChI is InChI=1S/C14H28N3/c1-5-6-7-16-8-9-17(12-16)11-14(15-4)10-13(2)3/h8-9,12-15H,5-7,10-11H2,1-4H3/q+1/t14-/m0/s1. The molecule has 98 valence electrons. The quantitative estimate of drug-likeness (QED) is 0.689.